The van der Waals surface area contributed by atoms with Crippen LogP contribution in [0.2, 0.25) is 0 Å². The Labute approximate surface area is 367 Å². The average Bonchev–Trinajstić information content (AvgIpc) is 3.22. The second-order valence-electron chi connectivity index (χ2n) is 18.6. The molecular weight excluding hydrogens is 707 g/mol. The first-order valence-corrected chi connectivity index (χ1v) is 27.1. The maximum absolute atomic E-state index is 10.3. The number of nitrogens with zero attached hydrogens (tertiary/aromatic N) is 1. The van der Waals surface area contributed by atoms with Crippen molar-refractivity contribution >= 4 is 5.97 Å². The molecule has 0 aliphatic heterocycles. The van der Waals surface area contributed by atoms with Crippen LogP contribution < -0.4 is 0 Å². The van der Waals surface area contributed by atoms with Crippen LogP contribution in [-0.2, 0) is 4.79 Å². The lowest BCUT2D eigenvalue weighted by atomic mass is 10.0. The number of unbranched alkanes of at least 4 members (excludes halogenated alkanes) is 41. The number of aliphatic carboxylic acids is 1. The standard InChI is InChI=1S/C37H77N.C18H34O2/c1-4-6-8-10-12-14-16-18-20-22-24-26-28-30-32-34-36-38(3)37-35-33-31-29-27-25-23-21-19-17-15-13-11-9-7-5-2;1-2-3-4-5-6-7-8-9-10-11-12-13-14-15-16-17-18(19)20/h4-37H2,1-3H3;9-10H,2-8,11-17H2,1H3,(H,19,20)/b;10-9-. The molecule has 0 aromatic rings. The summed E-state index contributed by atoms with van der Waals surface area (Å²) >= 11 is 0. The molecule has 0 saturated heterocycles. The van der Waals surface area contributed by atoms with Crippen LogP contribution in [0.5, 0.6) is 0 Å². The highest BCUT2D eigenvalue weighted by molar-refractivity contribution is 5.66. The largest absolute Gasteiger partial charge is 0.481 e. The maximum atomic E-state index is 10.3. The molecule has 0 amide bonds. The van der Waals surface area contributed by atoms with Crippen LogP contribution in [0.4, 0.5) is 0 Å². The van der Waals surface area contributed by atoms with Gasteiger partial charge in [0.15, 0.2) is 0 Å². The Morgan fingerprint density at radius 1 is 0.328 bits per heavy atom. The fraction of sp³-hybridized carbons (Fsp3) is 0.945. The molecule has 0 bridgehead atoms. The molecule has 0 rings (SSSR count). The number of hydrogen-bond donors (Lipinski definition) is 1. The monoisotopic (exact) mass is 818 g/mol. The van der Waals surface area contributed by atoms with Gasteiger partial charge in [-0.25, -0.2) is 0 Å². The number of carbonyl (C=O) groups is 1. The van der Waals surface area contributed by atoms with Crippen LogP contribution in [0.3, 0.4) is 0 Å². The Hall–Kier alpha value is -0.830. The summed E-state index contributed by atoms with van der Waals surface area (Å²) in [5, 5.41) is 8.51. The highest BCUT2D eigenvalue weighted by atomic mass is 16.4. The first-order valence-electron chi connectivity index (χ1n) is 27.1. The van der Waals surface area contributed by atoms with E-state index >= 15 is 0 Å². The van der Waals surface area contributed by atoms with Crippen LogP contribution in [0.15, 0.2) is 12.2 Å². The van der Waals surface area contributed by atoms with Gasteiger partial charge in [-0.3, -0.25) is 4.79 Å². The highest BCUT2D eigenvalue weighted by Crippen LogP contribution is 2.16. The summed E-state index contributed by atoms with van der Waals surface area (Å²) in [6.45, 7) is 9.51. The third-order valence-corrected chi connectivity index (χ3v) is 12.4. The summed E-state index contributed by atoms with van der Waals surface area (Å²) in [5.41, 5.74) is 0. The minimum Gasteiger partial charge on any atom is -0.481 e. The van der Waals surface area contributed by atoms with Gasteiger partial charge in [-0.05, 0) is 65.1 Å². The van der Waals surface area contributed by atoms with E-state index in [1.165, 1.54) is 289 Å². The molecular formula is C55H111NO2. The molecule has 3 heteroatoms. The molecule has 0 atom stereocenters. The van der Waals surface area contributed by atoms with E-state index in [4.69, 9.17) is 5.11 Å². The van der Waals surface area contributed by atoms with Crippen molar-refractivity contribution in [3.05, 3.63) is 12.2 Å². The van der Waals surface area contributed by atoms with Crippen molar-refractivity contribution in [2.45, 2.75) is 316 Å². The minimum absolute atomic E-state index is 0.332. The second-order valence-corrected chi connectivity index (χ2v) is 18.6. The van der Waals surface area contributed by atoms with Gasteiger partial charge in [-0.15, -0.1) is 0 Å². The van der Waals surface area contributed by atoms with E-state index in [2.05, 4.69) is 44.9 Å². The van der Waals surface area contributed by atoms with Crippen molar-refractivity contribution in [3.63, 3.8) is 0 Å². The quantitative estimate of drug-likeness (QED) is 0.0491. The zero-order chi connectivity index (χ0) is 42.5. The number of hydrogen-bond acceptors (Lipinski definition) is 2. The van der Waals surface area contributed by atoms with E-state index in [0.29, 0.717) is 6.42 Å². The van der Waals surface area contributed by atoms with Gasteiger partial charge >= 0.3 is 5.97 Å². The zero-order valence-corrected chi connectivity index (χ0v) is 40.9. The van der Waals surface area contributed by atoms with Crippen LogP contribution in [0, 0.1) is 0 Å². The highest BCUT2D eigenvalue weighted by Gasteiger charge is 2.01. The molecule has 0 unspecified atom stereocenters. The van der Waals surface area contributed by atoms with Crippen molar-refractivity contribution < 1.29 is 9.90 Å². The molecule has 0 radical (unpaired) electrons. The fourth-order valence-corrected chi connectivity index (χ4v) is 8.32. The normalized spacial score (nSPS) is 11.5. The Morgan fingerprint density at radius 3 is 0.776 bits per heavy atom. The van der Waals surface area contributed by atoms with E-state index in [0.717, 1.165) is 12.8 Å². The summed E-state index contributed by atoms with van der Waals surface area (Å²) in [6.07, 6.45) is 68.1. The zero-order valence-electron chi connectivity index (χ0n) is 40.9. The van der Waals surface area contributed by atoms with Crippen LogP contribution in [0.25, 0.3) is 0 Å². The lowest BCUT2D eigenvalue weighted by Gasteiger charge is -2.16. The summed E-state index contributed by atoms with van der Waals surface area (Å²) in [4.78, 5) is 12.9. The molecule has 0 saturated carbocycles. The van der Waals surface area contributed by atoms with Gasteiger partial charge in [0, 0.05) is 6.42 Å². The van der Waals surface area contributed by atoms with Gasteiger partial charge in [-0.2, -0.15) is 0 Å². The third kappa shape index (κ3) is 59.5. The topological polar surface area (TPSA) is 40.5 Å². The number of carboxylic acids is 1. The second kappa shape index (κ2) is 56.2. The predicted molar refractivity (Wildman–Crippen MR) is 264 cm³/mol. The number of allylic oxidation sites excluding steroid dienone is 2. The van der Waals surface area contributed by atoms with E-state index in [-0.39, 0.29) is 0 Å². The Balaban J connectivity index is 0. The van der Waals surface area contributed by atoms with E-state index in [1.807, 2.05) is 0 Å². The van der Waals surface area contributed by atoms with Crippen molar-refractivity contribution in [3.8, 4) is 0 Å². The lowest BCUT2D eigenvalue weighted by Crippen LogP contribution is -2.20. The van der Waals surface area contributed by atoms with Gasteiger partial charge in [0.1, 0.15) is 0 Å². The van der Waals surface area contributed by atoms with E-state index < -0.39 is 5.97 Å². The molecule has 0 aliphatic rings. The summed E-state index contributed by atoms with van der Waals surface area (Å²) in [5.74, 6) is -0.664. The van der Waals surface area contributed by atoms with Gasteiger partial charge < -0.3 is 10.0 Å². The van der Waals surface area contributed by atoms with Crippen molar-refractivity contribution in [1.82, 2.24) is 4.90 Å². The predicted octanol–water partition coefficient (Wildman–Crippen LogP) is 19.5. The van der Waals surface area contributed by atoms with Crippen LogP contribution in [-0.4, -0.2) is 36.1 Å². The molecule has 0 aromatic heterocycles. The van der Waals surface area contributed by atoms with Gasteiger partial charge in [0.25, 0.3) is 0 Å². The molecule has 58 heavy (non-hydrogen) atoms. The van der Waals surface area contributed by atoms with E-state index in [9.17, 15) is 4.79 Å². The molecule has 3 nitrogen and oxygen atoms in total. The molecule has 0 fully saturated rings. The minimum atomic E-state index is -0.664. The van der Waals surface area contributed by atoms with Crippen molar-refractivity contribution in [1.29, 1.82) is 0 Å². The molecule has 0 aliphatic carbocycles. The molecule has 0 heterocycles. The SMILES string of the molecule is CCCCCCCC/C=C\CCCCCCCC(=O)O.CCCCCCCCCCCCCCCCCCN(C)CCCCCCCCCCCCCCCCCC. The third-order valence-electron chi connectivity index (χ3n) is 12.4. The van der Waals surface area contributed by atoms with Gasteiger partial charge in [0.05, 0.1) is 0 Å². The molecule has 1 N–H and O–H groups in total. The van der Waals surface area contributed by atoms with Crippen molar-refractivity contribution in [2.75, 3.05) is 20.1 Å². The number of carboxylic acid groups (broad SMARTS) is 1. The van der Waals surface area contributed by atoms with E-state index in [1.54, 1.807) is 0 Å². The Morgan fingerprint density at radius 2 is 0.534 bits per heavy atom. The number of rotatable bonds is 49. The lowest BCUT2D eigenvalue weighted by molar-refractivity contribution is -0.137. The summed E-state index contributed by atoms with van der Waals surface area (Å²) < 4.78 is 0. The molecule has 0 aromatic carbocycles. The first-order chi connectivity index (χ1) is 28.6. The van der Waals surface area contributed by atoms with Crippen molar-refractivity contribution in [2.24, 2.45) is 0 Å². The summed E-state index contributed by atoms with van der Waals surface area (Å²) in [6, 6.07) is 0. The summed E-state index contributed by atoms with van der Waals surface area (Å²) in [7, 11) is 2.34. The van der Waals surface area contributed by atoms with Gasteiger partial charge in [0.2, 0.25) is 0 Å². The average molecular weight is 818 g/mol. The molecule has 0 spiro atoms. The fourth-order valence-electron chi connectivity index (χ4n) is 8.32. The Kier molecular flexibility index (Phi) is 57.4. The smallest absolute Gasteiger partial charge is 0.303 e. The van der Waals surface area contributed by atoms with Crippen LogP contribution in [0.1, 0.15) is 316 Å². The van der Waals surface area contributed by atoms with Gasteiger partial charge in [-0.1, -0.05) is 277 Å². The first kappa shape index (κ1) is 59.3. The maximum Gasteiger partial charge on any atom is 0.303 e. The van der Waals surface area contributed by atoms with Crippen LogP contribution >= 0.6 is 0 Å². The molecule has 348 valence electrons. The Bertz CT molecular complexity index is 714.